The monoisotopic (exact) mass is 650 g/mol. The van der Waals surface area contributed by atoms with Crippen LogP contribution in [0.5, 0.6) is 11.5 Å². The Balaban J connectivity index is 1.47. The van der Waals surface area contributed by atoms with Gasteiger partial charge in [-0.25, -0.2) is 4.79 Å². The van der Waals surface area contributed by atoms with Crippen molar-refractivity contribution in [2.24, 2.45) is 0 Å². The van der Waals surface area contributed by atoms with Crippen molar-refractivity contribution >= 4 is 12.0 Å². The molecule has 3 aliphatic rings. The molecule has 3 saturated heterocycles. The molecule has 0 bridgehead atoms. The molecule has 0 radical (unpaired) electrons. The number of ether oxygens (including phenoxy) is 6. The number of aromatic hydroxyl groups is 2. The molecule has 0 saturated carbocycles. The predicted octanol–water partition coefficient (Wildman–Crippen LogP) is -4.87. The molecule has 1 aromatic rings. The molecule has 15 atom stereocenters. The summed E-state index contributed by atoms with van der Waals surface area (Å²) in [6, 6.07) is 3.73. The van der Waals surface area contributed by atoms with E-state index in [-0.39, 0.29) is 5.75 Å². The minimum absolute atomic E-state index is 0.298. The molecule has 3 fully saturated rings. The van der Waals surface area contributed by atoms with Crippen LogP contribution in [-0.4, -0.2) is 167 Å². The number of carbonyl (C=O) groups excluding carboxylic acids is 1. The SMILES string of the molecule is C[C@@H]1O[C@@H](O[C@@H]2[C@@H](O)[C@H](O)O[C@H](CO)[C@H]2OC(=O)C=Cc2ccc(O)c(O)c2)[C@H](O)[C@H](O)[C@H]1O[C@@H]1O[C@H](CO)[C@@H](O)[C@H](O)[C@H]1O. The lowest BCUT2D eigenvalue weighted by Gasteiger charge is -2.47. The first-order valence-corrected chi connectivity index (χ1v) is 13.9. The van der Waals surface area contributed by atoms with Gasteiger partial charge in [0.1, 0.15) is 61.0 Å². The highest BCUT2D eigenvalue weighted by molar-refractivity contribution is 5.87. The van der Waals surface area contributed by atoms with Gasteiger partial charge in [0.25, 0.3) is 0 Å². The summed E-state index contributed by atoms with van der Waals surface area (Å²) >= 11 is 0. The average molecular weight is 651 g/mol. The molecule has 254 valence electrons. The third kappa shape index (κ3) is 7.72. The number of aliphatic hydroxyl groups excluding tert-OH is 9. The fraction of sp³-hybridized carbons (Fsp3) is 0.667. The smallest absolute Gasteiger partial charge is 0.331 e. The Morgan fingerprint density at radius 1 is 0.733 bits per heavy atom. The highest BCUT2D eigenvalue weighted by Crippen LogP contribution is 2.33. The molecule has 3 heterocycles. The van der Waals surface area contributed by atoms with Gasteiger partial charge in [-0.15, -0.1) is 0 Å². The third-order valence-electron chi connectivity index (χ3n) is 7.68. The lowest BCUT2D eigenvalue weighted by atomic mass is 9.96. The zero-order valence-electron chi connectivity index (χ0n) is 23.7. The van der Waals surface area contributed by atoms with Crippen LogP contribution in [0, 0.1) is 0 Å². The van der Waals surface area contributed by atoms with Gasteiger partial charge in [-0.2, -0.15) is 0 Å². The molecule has 0 amide bonds. The number of hydrogen-bond acceptors (Lipinski definition) is 18. The van der Waals surface area contributed by atoms with Crippen molar-refractivity contribution in [1.82, 2.24) is 0 Å². The number of aliphatic hydroxyl groups is 9. The molecule has 0 aromatic heterocycles. The molecule has 18 nitrogen and oxygen atoms in total. The molecule has 18 heteroatoms. The zero-order valence-corrected chi connectivity index (χ0v) is 23.7. The highest BCUT2D eigenvalue weighted by atomic mass is 16.8. The van der Waals surface area contributed by atoms with E-state index in [2.05, 4.69) is 0 Å². The van der Waals surface area contributed by atoms with Crippen LogP contribution in [0.1, 0.15) is 12.5 Å². The van der Waals surface area contributed by atoms with Gasteiger partial charge in [0.2, 0.25) is 0 Å². The third-order valence-corrected chi connectivity index (χ3v) is 7.68. The minimum atomic E-state index is -1.94. The Kier molecular flexibility index (Phi) is 11.7. The molecule has 3 aliphatic heterocycles. The number of benzene rings is 1. The maximum atomic E-state index is 12.7. The van der Waals surface area contributed by atoms with Crippen molar-refractivity contribution in [3.63, 3.8) is 0 Å². The molecular weight excluding hydrogens is 612 g/mol. The molecule has 45 heavy (non-hydrogen) atoms. The summed E-state index contributed by atoms with van der Waals surface area (Å²) in [5.74, 6) is -1.87. The van der Waals surface area contributed by atoms with Gasteiger partial charge in [0, 0.05) is 6.08 Å². The summed E-state index contributed by atoms with van der Waals surface area (Å²) in [5.41, 5.74) is 0.298. The second-order valence-electron chi connectivity index (χ2n) is 10.8. The van der Waals surface area contributed by atoms with Crippen molar-refractivity contribution in [2.75, 3.05) is 13.2 Å². The Bertz CT molecular complexity index is 1160. The van der Waals surface area contributed by atoms with Crippen molar-refractivity contribution in [3.8, 4) is 11.5 Å². The van der Waals surface area contributed by atoms with E-state index in [4.69, 9.17) is 28.4 Å². The second-order valence-corrected chi connectivity index (χ2v) is 10.8. The molecule has 1 aromatic carbocycles. The normalized spacial score (nSPS) is 42.5. The van der Waals surface area contributed by atoms with Crippen molar-refractivity contribution in [2.45, 2.75) is 99.0 Å². The lowest BCUT2D eigenvalue weighted by molar-refractivity contribution is -0.374. The molecule has 11 N–H and O–H groups in total. The van der Waals surface area contributed by atoms with Gasteiger partial charge in [0.15, 0.2) is 36.5 Å². The van der Waals surface area contributed by atoms with E-state index in [1.807, 2.05) is 0 Å². The molecule has 0 unspecified atom stereocenters. The zero-order chi connectivity index (χ0) is 33.2. The van der Waals surface area contributed by atoms with Gasteiger partial charge in [0.05, 0.1) is 19.3 Å². The van der Waals surface area contributed by atoms with Crippen molar-refractivity contribution in [1.29, 1.82) is 0 Å². The van der Waals surface area contributed by atoms with Crippen LogP contribution >= 0.6 is 0 Å². The number of hydrogen-bond donors (Lipinski definition) is 11. The second kappa shape index (κ2) is 14.9. The van der Waals surface area contributed by atoms with Crippen molar-refractivity contribution in [3.05, 3.63) is 29.8 Å². The van der Waals surface area contributed by atoms with Crippen LogP contribution in [0.3, 0.4) is 0 Å². The van der Waals surface area contributed by atoms with E-state index in [0.717, 1.165) is 12.1 Å². The Morgan fingerprint density at radius 2 is 1.36 bits per heavy atom. The maximum Gasteiger partial charge on any atom is 0.331 e. The summed E-state index contributed by atoms with van der Waals surface area (Å²) in [6.45, 7) is -0.187. The van der Waals surface area contributed by atoms with E-state index >= 15 is 0 Å². The summed E-state index contributed by atoms with van der Waals surface area (Å²) in [6.07, 6.45) is -22.8. The number of esters is 1. The fourth-order valence-corrected chi connectivity index (χ4v) is 5.13. The quantitative estimate of drug-likeness (QED) is 0.0678. The first-order chi connectivity index (χ1) is 21.3. The van der Waals surface area contributed by atoms with Crippen LogP contribution in [-0.2, 0) is 33.2 Å². The first-order valence-electron chi connectivity index (χ1n) is 13.9. The van der Waals surface area contributed by atoms with Crippen LogP contribution in [0.25, 0.3) is 6.08 Å². The van der Waals surface area contributed by atoms with Crippen LogP contribution < -0.4 is 0 Å². The average Bonchev–Trinajstić information content (AvgIpc) is 3.01. The lowest BCUT2D eigenvalue weighted by Crippen LogP contribution is -2.66. The van der Waals surface area contributed by atoms with Crippen LogP contribution in [0.4, 0.5) is 0 Å². The number of carbonyl (C=O) groups is 1. The molecule has 0 aliphatic carbocycles. The van der Waals surface area contributed by atoms with Gasteiger partial charge >= 0.3 is 5.97 Å². The van der Waals surface area contributed by atoms with Gasteiger partial charge in [-0.05, 0) is 30.7 Å². The van der Waals surface area contributed by atoms with Gasteiger partial charge in [-0.1, -0.05) is 6.07 Å². The maximum absolute atomic E-state index is 12.7. The van der Waals surface area contributed by atoms with Gasteiger partial charge < -0.3 is 84.6 Å². The standard InChI is InChI=1S/C27H38O18/c1-9-22(44-27-19(36)17(34)16(33)13(7-28)42-27)18(35)20(37)26(40-9)45-24-21(38)25(39)41-14(8-29)23(24)43-15(32)5-3-10-2-4-11(30)12(31)6-10/h2-6,9,13-14,16-31,33-39H,7-8H2,1H3/t9-,13+,14+,16+,17-,18-,19+,20+,21+,22-,23+,24+,25+,26-,27-/m0/s1. The van der Waals surface area contributed by atoms with Gasteiger partial charge in [-0.3, -0.25) is 0 Å². The topological polar surface area (TPSA) is 295 Å². The summed E-state index contributed by atoms with van der Waals surface area (Å²) in [7, 11) is 0. The molecule has 0 spiro atoms. The van der Waals surface area contributed by atoms with E-state index < -0.39 is 117 Å². The number of phenols is 2. The predicted molar refractivity (Wildman–Crippen MR) is 143 cm³/mol. The number of rotatable bonds is 9. The number of phenolic OH excluding ortho intramolecular Hbond substituents is 2. The highest BCUT2D eigenvalue weighted by Gasteiger charge is 2.53. The fourth-order valence-electron chi connectivity index (χ4n) is 5.13. The Morgan fingerprint density at radius 3 is 2.00 bits per heavy atom. The first kappa shape index (κ1) is 35.3. The summed E-state index contributed by atoms with van der Waals surface area (Å²) < 4.78 is 32.7. The summed E-state index contributed by atoms with van der Waals surface area (Å²) in [4.78, 5) is 12.7. The largest absolute Gasteiger partial charge is 0.504 e. The van der Waals surface area contributed by atoms with E-state index in [9.17, 15) is 61.0 Å². The van der Waals surface area contributed by atoms with Crippen LogP contribution in [0.15, 0.2) is 24.3 Å². The Hall–Kier alpha value is -2.53. The van der Waals surface area contributed by atoms with E-state index in [1.54, 1.807) is 0 Å². The molecule has 4 rings (SSSR count). The van der Waals surface area contributed by atoms with E-state index in [1.165, 1.54) is 25.1 Å². The van der Waals surface area contributed by atoms with Crippen LogP contribution in [0.2, 0.25) is 0 Å². The molecular formula is C27H38O18. The summed E-state index contributed by atoms with van der Waals surface area (Å²) in [5, 5.41) is 111. The van der Waals surface area contributed by atoms with E-state index in [0.29, 0.717) is 5.56 Å². The van der Waals surface area contributed by atoms with Crippen molar-refractivity contribution < 1.29 is 89.4 Å². The Labute approximate surface area is 255 Å². The minimum Gasteiger partial charge on any atom is -0.504 e.